The molecule has 0 spiro atoms. The molecule has 0 radical (unpaired) electrons. The van der Waals surface area contributed by atoms with Crippen LogP contribution in [-0.4, -0.2) is 26.1 Å². The van der Waals surface area contributed by atoms with E-state index in [-0.39, 0.29) is 18.9 Å². The largest absolute Gasteiger partial charge is 0.310 e. The Morgan fingerprint density at radius 3 is 2.67 bits per heavy atom. The summed E-state index contributed by atoms with van der Waals surface area (Å²) in [4.78, 5) is 13.4. The zero-order chi connectivity index (χ0) is 13.5. The Morgan fingerprint density at radius 2 is 2.11 bits per heavy atom. The van der Waals surface area contributed by atoms with E-state index < -0.39 is 15.3 Å². The molecule has 1 saturated heterocycles. The summed E-state index contributed by atoms with van der Waals surface area (Å²) in [5.74, 6) is -0.197. The number of hydrogen-bond acceptors (Lipinski definition) is 3. The number of hydrogen-bond donors (Lipinski definition) is 1. The lowest BCUT2D eigenvalue weighted by Gasteiger charge is -2.19. The average molecular weight is 380 g/mol. The molecule has 0 saturated carbocycles. The minimum absolute atomic E-state index is 0.0388. The molecular formula is C11H13IN2O3S. The summed E-state index contributed by atoms with van der Waals surface area (Å²) >= 11 is 2.16. The van der Waals surface area contributed by atoms with E-state index in [4.69, 9.17) is 5.14 Å². The van der Waals surface area contributed by atoms with Crippen molar-refractivity contribution in [3.05, 3.63) is 27.3 Å². The normalized spacial score (nSPS) is 20.5. The van der Waals surface area contributed by atoms with Crippen LogP contribution in [0.3, 0.4) is 0 Å². The van der Waals surface area contributed by atoms with E-state index in [1.54, 1.807) is 0 Å². The van der Waals surface area contributed by atoms with Gasteiger partial charge in [-0.2, -0.15) is 0 Å². The summed E-state index contributed by atoms with van der Waals surface area (Å²) in [6.45, 7) is 2.08. The van der Waals surface area contributed by atoms with Gasteiger partial charge in [-0.05, 0) is 41.1 Å². The predicted molar refractivity (Wildman–Crippen MR) is 77.8 cm³/mol. The predicted octanol–water partition coefficient (Wildman–Crippen LogP) is 0.993. The van der Waals surface area contributed by atoms with Crippen molar-refractivity contribution in [2.24, 2.45) is 5.14 Å². The first-order valence-corrected chi connectivity index (χ1v) is 8.06. The van der Waals surface area contributed by atoms with Gasteiger partial charge in [0.2, 0.25) is 15.9 Å². The third-order valence-corrected chi connectivity index (χ3v) is 5.66. The number of sulfonamides is 1. The van der Waals surface area contributed by atoms with Crippen LogP contribution in [-0.2, 0) is 14.8 Å². The molecule has 0 bridgehead atoms. The number of nitrogens with two attached hydrogens (primary N) is 1. The molecule has 1 aromatic carbocycles. The Hall–Kier alpha value is -0.670. The van der Waals surface area contributed by atoms with Crippen LogP contribution in [0.15, 0.2) is 18.2 Å². The Kier molecular flexibility index (Phi) is 3.65. The molecular weight excluding hydrogens is 367 g/mol. The monoisotopic (exact) mass is 380 g/mol. The van der Waals surface area contributed by atoms with Crippen molar-refractivity contribution >= 4 is 44.2 Å². The second kappa shape index (κ2) is 4.78. The van der Waals surface area contributed by atoms with Gasteiger partial charge in [0.05, 0.1) is 5.69 Å². The van der Waals surface area contributed by atoms with Crippen molar-refractivity contribution in [1.29, 1.82) is 0 Å². The lowest BCUT2D eigenvalue weighted by molar-refractivity contribution is -0.117. The number of halogens is 1. The maximum atomic E-state index is 11.9. The van der Waals surface area contributed by atoms with Crippen molar-refractivity contribution in [1.82, 2.24) is 0 Å². The third-order valence-electron chi connectivity index (χ3n) is 3.02. The van der Waals surface area contributed by atoms with Crippen LogP contribution >= 0.6 is 22.6 Å². The topological polar surface area (TPSA) is 80.5 Å². The van der Waals surface area contributed by atoms with E-state index in [9.17, 15) is 13.2 Å². The molecule has 1 aliphatic heterocycles. The molecule has 0 aliphatic carbocycles. The van der Waals surface area contributed by atoms with Crippen LogP contribution in [0.4, 0.5) is 5.69 Å². The smallest absolute Gasteiger partial charge is 0.228 e. The molecule has 5 nitrogen and oxygen atoms in total. The van der Waals surface area contributed by atoms with Crippen LogP contribution in [0.5, 0.6) is 0 Å². The van der Waals surface area contributed by atoms with Crippen molar-refractivity contribution in [3.63, 3.8) is 0 Å². The number of carbonyl (C=O) groups is 1. The summed E-state index contributed by atoms with van der Waals surface area (Å²) in [5, 5.41) is 4.30. The van der Waals surface area contributed by atoms with Gasteiger partial charge in [-0.3, -0.25) is 4.79 Å². The number of benzene rings is 1. The minimum atomic E-state index is -3.66. The number of nitrogens with zero attached hydrogens (tertiary/aromatic N) is 1. The van der Waals surface area contributed by atoms with Gasteiger partial charge in [-0.25, -0.2) is 13.6 Å². The first-order valence-electron chi connectivity index (χ1n) is 5.38. The van der Waals surface area contributed by atoms with E-state index in [0.29, 0.717) is 0 Å². The van der Waals surface area contributed by atoms with E-state index in [1.165, 1.54) is 4.90 Å². The number of anilines is 1. The van der Waals surface area contributed by atoms with E-state index >= 15 is 0 Å². The number of aryl methyl sites for hydroxylation is 1. The Morgan fingerprint density at radius 1 is 1.44 bits per heavy atom. The fraction of sp³-hybridized carbons (Fsp3) is 0.364. The zero-order valence-electron chi connectivity index (χ0n) is 9.76. The fourth-order valence-electron chi connectivity index (χ4n) is 1.97. The molecule has 1 aromatic rings. The SMILES string of the molecule is Cc1cccc(N2CC(S(N)(=O)=O)CC2=O)c1I. The molecule has 1 aliphatic rings. The van der Waals surface area contributed by atoms with E-state index in [2.05, 4.69) is 22.6 Å². The molecule has 1 heterocycles. The molecule has 2 rings (SSSR count). The summed E-state index contributed by atoms with van der Waals surface area (Å²) in [7, 11) is -3.66. The highest BCUT2D eigenvalue weighted by Gasteiger charge is 2.37. The quantitative estimate of drug-likeness (QED) is 0.778. The van der Waals surface area contributed by atoms with Crippen molar-refractivity contribution in [2.45, 2.75) is 18.6 Å². The lowest BCUT2D eigenvalue weighted by Crippen LogP contribution is -2.32. The van der Waals surface area contributed by atoms with Gasteiger partial charge in [0.15, 0.2) is 0 Å². The highest BCUT2D eigenvalue weighted by atomic mass is 127. The number of amides is 1. The van der Waals surface area contributed by atoms with Gasteiger partial charge in [0.25, 0.3) is 0 Å². The summed E-state index contributed by atoms with van der Waals surface area (Å²) in [6, 6.07) is 5.62. The Labute approximate surface area is 120 Å². The summed E-state index contributed by atoms with van der Waals surface area (Å²) in [5.41, 5.74) is 1.81. The standard InChI is InChI=1S/C11H13IN2O3S/c1-7-3-2-4-9(11(7)12)14-6-8(5-10(14)15)18(13,16)17/h2-4,8H,5-6H2,1H3,(H2,13,16,17). The van der Waals surface area contributed by atoms with Gasteiger partial charge >= 0.3 is 0 Å². The van der Waals surface area contributed by atoms with Crippen molar-refractivity contribution in [2.75, 3.05) is 11.4 Å². The van der Waals surface area contributed by atoms with E-state index in [1.807, 2.05) is 25.1 Å². The Bertz CT molecular complexity index is 600. The van der Waals surface area contributed by atoms with Gasteiger partial charge < -0.3 is 4.90 Å². The molecule has 1 atom stereocenters. The van der Waals surface area contributed by atoms with Crippen LogP contribution in [0, 0.1) is 10.5 Å². The number of carbonyl (C=O) groups excluding carboxylic acids is 1. The average Bonchev–Trinajstić information content (AvgIpc) is 2.64. The van der Waals surface area contributed by atoms with Gasteiger partial charge in [0, 0.05) is 16.5 Å². The van der Waals surface area contributed by atoms with Gasteiger partial charge in [-0.15, -0.1) is 0 Å². The summed E-state index contributed by atoms with van der Waals surface area (Å²) < 4.78 is 23.6. The maximum absolute atomic E-state index is 11.9. The third kappa shape index (κ3) is 2.52. The molecule has 1 unspecified atom stereocenters. The van der Waals surface area contributed by atoms with Gasteiger partial charge in [0.1, 0.15) is 5.25 Å². The second-order valence-electron chi connectivity index (χ2n) is 4.33. The Balaban J connectivity index is 2.36. The van der Waals surface area contributed by atoms with Crippen molar-refractivity contribution < 1.29 is 13.2 Å². The van der Waals surface area contributed by atoms with Crippen LogP contribution in [0.25, 0.3) is 0 Å². The zero-order valence-corrected chi connectivity index (χ0v) is 12.7. The molecule has 18 heavy (non-hydrogen) atoms. The van der Waals surface area contributed by atoms with Crippen LogP contribution in [0.1, 0.15) is 12.0 Å². The molecule has 2 N–H and O–H groups in total. The second-order valence-corrected chi connectivity index (χ2v) is 7.25. The summed E-state index contributed by atoms with van der Waals surface area (Å²) in [6.07, 6.45) is -0.0388. The lowest BCUT2D eigenvalue weighted by atomic mass is 10.2. The highest BCUT2D eigenvalue weighted by molar-refractivity contribution is 14.1. The molecule has 98 valence electrons. The minimum Gasteiger partial charge on any atom is -0.310 e. The molecule has 1 fully saturated rings. The van der Waals surface area contributed by atoms with Crippen LogP contribution in [0.2, 0.25) is 0 Å². The molecule has 0 aromatic heterocycles. The first kappa shape index (κ1) is 13.8. The van der Waals surface area contributed by atoms with Crippen molar-refractivity contribution in [3.8, 4) is 0 Å². The van der Waals surface area contributed by atoms with E-state index in [0.717, 1.165) is 14.8 Å². The maximum Gasteiger partial charge on any atom is 0.228 e. The number of rotatable bonds is 2. The number of primary sulfonamides is 1. The first-order chi connectivity index (χ1) is 8.30. The fourth-order valence-corrected chi connectivity index (χ4v) is 3.35. The molecule has 1 amide bonds. The highest BCUT2D eigenvalue weighted by Crippen LogP contribution is 2.30. The van der Waals surface area contributed by atoms with Crippen LogP contribution < -0.4 is 10.0 Å². The van der Waals surface area contributed by atoms with Gasteiger partial charge in [-0.1, -0.05) is 12.1 Å². The molecule has 7 heteroatoms.